The van der Waals surface area contributed by atoms with E-state index in [-0.39, 0.29) is 5.82 Å². The Kier molecular flexibility index (Phi) is 4.97. The van der Waals surface area contributed by atoms with Crippen LogP contribution >= 0.6 is 0 Å². The average Bonchev–Trinajstić information content (AvgIpc) is 3.21. The van der Waals surface area contributed by atoms with Crippen molar-refractivity contribution < 1.29 is 4.79 Å². The molecule has 4 aromatic rings. The van der Waals surface area contributed by atoms with Crippen LogP contribution in [0.1, 0.15) is 16.2 Å². The summed E-state index contributed by atoms with van der Waals surface area (Å²) in [6, 6.07) is 22.7. The van der Waals surface area contributed by atoms with E-state index in [4.69, 9.17) is 0 Å². The van der Waals surface area contributed by atoms with Crippen molar-refractivity contribution in [3.8, 4) is 17.1 Å². The Bertz CT molecular complexity index is 1030. The van der Waals surface area contributed by atoms with Gasteiger partial charge in [-0.1, -0.05) is 48.5 Å². The largest absolute Gasteiger partial charge is 0.311 e. The summed E-state index contributed by atoms with van der Waals surface area (Å²) in [5.74, 6) is 0.127. The van der Waals surface area contributed by atoms with Crippen LogP contribution in [0.4, 0.5) is 0 Å². The van der Waals surface area contributed by atoms with Crippen LogP contribution in [0.5, 0.6) is 0 Å². The molecule has 2 aromatic heterocycles. The zero-order chi connectivity index (χ0) is 19.2. The van der Waals surface area contributed by atoms with E-state index in [0.29, 0.717) is 5.82 Å². The lowest BCUT2D eigenvalue weighted by Gasteiger charge is -2.05. The Morgan fingerprint density at radius 1 is 0.929 bits per heavy atom. The first-order valence-corrected chi connectivity index (χ1v) is 8.62. The number of para-hydroxylation sites is 1. The normalized spacial score (nSPS) is 10.9. The van der Waals surface area contributed by atoms with Gasteiger partial charge in [0.05, 0.1) is 11.9 Å². The summed E-state index contributed by atoms with van der Waals surface area (Å²) in [5, 5.41) is 8.35. The van der Waals surface area contributed by atoms with Crippen LogP contribution in [-0.2, 0) is 0 Å². The van der Waals surface area contributed by atoms with Crippen molar-refractivity contribution in [2.45, 2.75) is 0 Å². The maximum Gasteiger partial charge on any atom is 0.311 e. The number of aromatic nitrogens is 4. The van der Waals surface area contributed by atoms with Crippen molar-refractivity contribution in [2.24, 2.45) is 5.10 Å². The van der Waals surface area contributed by atoms with Gasteiger partial charge in [-0.25, -0.2) is 15.1 Å². The van der Waals surface area contributed by atoms with Crippen LogP contribution in [0.3, 0.4) is 0 Å². The van der Waals surface area contributed by atoms with Crippen LogP contribution in [0, 0.1) is 0 Å². The summed E-state index contributed by atoms with van der Waals surface area (Å²) in [5.41, 5.74) is 4.96. The van der Waals surface area contributed by atoms with E-state index >= 15 is 0 Å². The molecule has 0 saturated carbocycles. The minimum absolute atomic E-state index is 0.0367. The molecule has 1 N–H and O–H groups in total. The number of hydrazone groups is 1. The molecule has 0 atom stereocenters. The van der Waals surface area contributed by atoms with E-state index in [1.54, 1.807) is 29.2 Å². The minimum atomic E-state index is -0.489. The van der Waals surface area contributed by atoms with Gasteiger partial charge in [0, 0.05) is 18.0 Å². The summed E-state index contributed by atoms with van der Waals surface area (Å²) in [4.78, 5) is 20.9. The maximum atomic E-state index is 12.5. The van der Waals surface area contributed by atoms with Gasteiger partial charge in [-0.3, -0.25) is 9.78 Å². The van der Waals surface area contributed by atoms with E-state index in [1.165, 1.54) is 6.21 Å². The fourth-order valence-corrected chi connectivity index (χ4v) is 2.60. The van der Waals surface area contributed by atoms with Crippen LogP contribution < -0.4 is 5.43 Å². The molecule has 136 valence electrons. The predicted molar refractivity (Wildman–Crippen MR) is 106 cm³/mol. The van der Waals surface area contributed by atoms with Crippen LogP contribution in [-0.4, -0.2) is 31.9 Å². The highest BCUT2D eigenvalue weighted by Gasteiger charge is 2.18. The second-order valence-corrected chi connectivity index (χ2v) is 5.85. The van der Waals surface area contributed by atoms with Gasteiger partial charge >= 0.3 is 5.91 Å². The minimum Gasteiger partial charge on any atom is -0.265 e. The zero-order valence-electron chi connectivity index (χ0n) is 14.8. The fraction of sp³-hybridized carbons (Fsp3) is 0. The van der Waals surface area contributed by atoms with Gasteiger partial charge in [0.15, 0.2) is 5.82 Å². The second-order valence-electron chi connectivity index (χ2n) is 5.85. The number of carbonyl (C=O) groups excluding carboxylic acids is 1. The molecule has 0 aliphatic heterocycles. The van der Waals surface area contributed by atoms with Crippen LogP contribution in [0.2, 0.25) is 0 Å². The van der Waals surface area contributed by atoms with E-state index in [9.17, 15) is 4.79 Å². The molecular weight excluding hydrogens is 352 g/mol. The highest BCUT2D eigenvalue weighted by atomic mass is 16.2. The van der Waals surface area contributed by atoms with Gasteiger partial charge in [-0.2, -0.15) is 5.10 Å². The number of carbonyl (C=O) groups is 1. The Morgan fingerprint density at radius 2 is 1.61 bits per heavy atom. The lowest BCUT2D eigenvalue weighted by molar-refractivity contribution is 0.0945. The first kappa shape index (κ1) is 17.3. The van der Waals surface area contributed by atoms with Crippen molar-refractivity contribution in [1.29, 1.82) is 0 Å². The lowest BCUT2D eigenvalue weighted by Crippen LogP contribution is -2.19. The first-order valence-electron chi connectivity index (χ1n) is 8.62. The quantitative estimate of drug-likeness (QED) is 0.433. The van der Waals surface area contributed by atoms with Crippen molar-refractivity contribution >= 4 is 12.1 Å². The molecule has 0 spiro atoms. The van der Waals surface area contributed by atoms with Crippen molar-refractivity contribution in [3.05, 3.63) is 96.6 Å². The van der Waals surface area contributed by atoms with Crippen molar-refractivity contribution in [3.63, 3.8) is 0 Å². The standard InChI is InChI=1S/C21H16N6O/c28-21(25-23-15-16-11-13-22-14-12-16)19-24-20(17-7-3-1-4-8-17)27(26-19)18-9-5-2-6-10-18/h1-15H,(H,25,28)/b23-15+. The third kappa shape index (κ3) is 3.83. The number of amides is 1. The summed E-state index contributed by atoms with van der Waals surface area (Å²) in [6.45, 7) is 0. The molecule has 7 nitrogen and oxygen atoms in total. The molecule has 0 radical (unpaired) electrons. The van der Waals surface area contributed by atoms with Gasteiger partial charge < -0.3 is 0 Å². The Hall–Kier alpha value is -4.13. The van der Waals surface area contributed by atoms with Gasteiger partial charge in [0.2, 0.25) is 5.82 Å². The van der Waals surface area contributed by atoms with Gasteiger partial charge in [0.25, 0.3) is 0 Å². The van der Waals surface area contributed by atoms with Gasteiger partial charge in [0.1, 0.15) is 0 Å². The van der Waals surface area contributed by atoms with E-state index in [2.05, 4.69) is 25.6 Å². The smallest absolute Gasteiger partial charge is 0.265 e. The number of hydrogen-bond acceptors (Lipinski definition) is 5. The summed E-state index contributed by atoms with van der Waals surface area (Å²) < 4.78 is 1.65. The molecule has 4 rings (SSSR count). The number of nitrogens with zero attached hydrogens (tertiary/aromatic N) is 5. The lowest BCUT2D eigenvalue weighted by atomic mass is 10.2. The molecule has 0 aliphatic carbocycles. The monoisotopic (exact) mass is 368 g/mol. The van der Waals surface area contributed by atoms with Gasteiger partial charge in [-0.05, 0) is 29.8 Å². The molecule has 0 unspecified atom stereocenters. The molecule has 2 heterocycles. The molecular formula is C21H16N6O. The average molecular weight is 368 g/mol. The highest BCUT2D eigenvalue weighted by molar-refractivity contribution is 5.92. The number of hydrogen-bond donors (Lipinski definition) is 1. The fourth-order valence-electron chi connectivity index (χ4n) is 2.60. The summed E-state index contributed by atoms with van der Waals surface area (Å²) >= 11 is 0. The van der Waals surface area contributed by atoms with Crippen molar-refractivity contribution in [2.75, 3.05) is 0 Å². The molecule has 2 aromatic carbocycles. The molecule has 0 fully saturated rings. The summed E-state index contributed by atoms with van der Waals surface area (Å²) in [7, 11) is 0. The molecule has 7 heteroatoms. The third-order valence-electron chi connectivity index (χ3n) is 3.93. The van der Waals surface area contributed by atoms with E-state index in [1.807, 2.05) is 60.7 Å². The first-order chi connectivity index (χ1) is 13.8. The van der Waals surface area contributed by atoms with Gasteiger partial charge in [-0.15, -0.1) is 5.10 Å². The highest BCUT2D eigenvalue weighted by Crippen LogP contribution is 2.20. The molecule has 0 saturated heterocycles. The Morgan fingerprint density at radius 3 is 2.32 bits per heavy atom. The molecule has 0 bridgehead atoms. The van der Waals surface area contributed by atoms with Crippen LogP contribution in [0.15, 0.2) is 90.3 Å². The molecule has 0 aliphatic rings. The second kappa shape index (κ2) is 8.05. The topological polar surface area (TPSA) is 85.1 Å². The molecule has 1 amide bonds. The predicted octanol–water partition coefficient (Wildman–Crippen LogP) is 3.09. The Balaban J connectivity index is 1.63. The van der Waals surface area contributed by atoms with Crippen LogP contribution in [0.25, 0.3) is 17.1 Å². The molecule has 28 heavy (non-hydrogen) atoms. The van der Waals surface area contributed by atoms with E-state index in [0.717, 1.165) is 16.8 Å². The SMILES string of the molecule is O=C(N/N=C/c1ccncc1)c1nc(-c2ccccc2)n(-c2ccccc2)n1. The maximum absolute atomic E-state index is 12.5. The Labute approximate surface area is 161 Å². The number of rotatable bonds is 5. The summed E-state index contributed by atoms with van der Waals surface area (Å²) in [6.07, 6.45) is 4.84. The number of benzene rings is 2. The number of pyridine rings is 1. The zero-order valence-corrected chi connectivity index (χ0v) is 14.8. The van der Waals surface area contributed by atoms with Crippen molar-refractivity contribution in [1.82, 2.24) is 25.2 Å². The third-order valence-corrected chi connectivity index (χ3v) is 3.93. The number of nitrogens with one attached hydrogen (secondary N) is 1. The van der Waals surface area contributed by atoms with E-state index < -0.39 is 5.91 Å².